The fourth-order valence-electron chi connectivity index (χ4n) is 2.81. The molecule has 0 unspecified atom stereocenters. The first kappa shape index (κ1) is 25.4. The molecule has 2 aromatic heterocycles. The van der Waals surface area contributed by atoms with E-state index >= 15 is 0 Å². The van der Waals surface area contributed by atoms with Crippen LogP contribution >= 0.6 is 23.1 Å². The number of hydrogen-bond acceptors (Lipinski definition) is 9. The molecule has 0 bridgehead atoms. The number of oxazole rings is 1. The molecule has 2 heterocycles. The van der Waals surface area contributed by atoms with Crippen LogP contribution in [-0.2, 0) is 28.9 Å². The SMILES string of the molecule is CC(C)(C)c1cnc(CSc2cnc(NC(=O)Cc3ccc(CNC[C@@H](O)CO)cc3)s2)o1. The number of carbonyl (C=O) groups is 1. The Labute approximate surface area is 201 Å². The summed E-state index contributed by atoms with van der Waals surface area (Å²) in [5.41, 5.74) is 1.86. The number of hydrogen-bond donors (Lipinski definition) is 4. The number of thioether (sulfide) groups is 1. The minimum atomic E-state index is -0.763. The van der Waals surface area contributed by atoms with Gasteiger partial charge in [-0.25, -0.2) is 9.97 Å². The second kappa shape index (κ2) is 11.8. The molecule has 33 heavy (non-hydrogen) atoms. The molecule has 0 radical (unpaired) electrons. The van der Waals surface area contributed by atoms with E-state index in [0.29, 0.717) is 29.9 Å². The van der Waals surface area contributed by atoms with Gasteiger partial charge >= 0.3 is 0 Å². The highest BCUT2D eigenvalue weighted by Crippen LogP contribution is 2.31. The smallest absolute Gasteiger partial charge is 0.230 e. The predicted molar refractivity (Wildman–Crippen MR) is 130 cm³/mol. The monoisotopic (exact) mass is 490 g/mol. The number of rotatable bonds is 11. The lowest BCUT2D eigenvalue weighted by Crippen LogP contribution is -2.28. The molecule has 0 aliphatic rings. The first-order chi connectivity index (χ1) is 15.7. The third-order valence-corrected chi connectivity index (χ3v) is 6.76. The van der Waals surface area contributed by atoms with Crippen molar-refractivity contribution in [2.75, 3.05) is 18.5 Å². The summed E-state index contributed by atoms with van der Waals surface area (Å²) in [5, 5.41) is 24.6. The van der Waals surface area contributed by atoms with E-state index in [1.807, 2.05) is 24.3 Å². The van der Waals surface area contributed by atoms with Crippen molar-refractivity contribution in [3.8, 4) is 0 Å². The Kier molecular flexibility index (Phi) is 9.04. The molecule has 1 amide bonds. The van der Waals surface area contributed by atoms with Gasteiger partial charge in [0.15, 0.2) is 5.13 Å². The minimum Gasteiger partial charge on any atom is -0.444 e. The lowest BCUT2D eigenvalue weighted by Gasteiger charge is -2.12. The van der Waals surface area contributed by atoms with Gasteiger partial charge in [0.05, 0.1) is 41.5 Å². The highest BCUT2D eigenvalue weighted by atomic mass is 32.2. The van der Waals surface area contributed by atoms with Crippen LogP contribution in [0.15, 0.2) is 45.3 Å². The van der Waals surface area contributed by atoms with Gasteiger partial charge in [-0.3, -0.25) is 4.79 Å². The average molecular weight is 491 g/mol. The molecule has 178 valence electrons. The Morgan fingerprint density at radius 2 is 1.91 bits per heavy atom. The summed E-state index contributed by atoms with van der Waals surface area (Å²) in [5.74, 6) is 2.01. The summed E-state index contributed by atoms with van der Waals surface area (Å²) >= 11 is 3.00. The summed E-state index contributed by atoms with van der Waals surface area (Å²) in [7, 11) is 0. The number of aliphatic hydroxyl groups excluding tert-OH is 2. The fraction of sp³-hybridized carbons (Fsp3) is 0.435. The second-order valence-corrected chi connectivity index (χ2v) is 11.0. The highest BCUT2D eigenvalue weighted by molar-refractivity contribution is 8.00. The van der Waals surface area contributed by atoms with Crippen molar-refractivity contribution in [1.82, 2.24) is 15.3 Å². The lowest BCUT2D eigenvalue weighted by atomic mass is 9.94. The zero-order chi connectivity index (χ0) is 23.8. The minimum absolute atomic E-state index is 0.0705. The van der Waals surface area contributed by atoms with Crippen molar-refractivity contribution in [3.05, 3.63) is 59.4 Å². The van der Waals surface area contributed by atoms with E-state index in [2.05, 4.69) is 41.4 Å². The van der Waals surface area contributed by atoms with Gasteiger partial charge in [0.2, 0.25) is 11.8 Å². The van der Waals surface area contributed by atoms with Gasteiger partial charge in [0.25, 0.3) is 0 Å². The van der Waals surface area contributed by atoms with Gasteiger partial charge in [-0.1, -0.05) is 56.4 Å². The van der Waals surface area contributed by atoms with Crippen molar-refractivity contribution in [2.24, 2.45) is 0 Å². The molecule has 0 saturated heterocycles. The van der Waals surface area contributed by atoms with Crippen LogP contribution in [0.2, 0.25) is 0 Å². The molecule has 10 heteroatoms. The van der Waals surface area contributed by atoms with Crippen LogP contribution in [0.1, 0.15) is 43.5 Å². The van der Waals surface area contributed by atoms with Crippen molar-refractivity contribution in [1.29, 1.82) is 0 Å². The molecule has 8 nitrogen and oxygen atoms in total. The predicted octanol–water partition coefficient (Wildman–Crippen LogP) is 3.34. The van der Waals surface area contributed by atoms with Crippen molar-refractivity contribution in [2.45, 2.75) is 55.2 Å². The van der Waals surface area contributed by atoms with Crippen LogP contribution in [0.3, 0.4) is 0 Å². The van der Waals surface area contributed by atoms with Crippen LogP contribution in [0.4, 0.5) is 5.13 Å². The van der Waals surface area contributed by atoms with E-state index in [-0.39, 0.29) is 24.3 Å². The van der Waals surface area contributed by atoms with Gasteiger partial charge in [-0.05, 0) is 11.1 Å². The van der Waals surface area contributed by atoms with Gasteiger partial charge in [-0.2, -0.15) is 0 Å². The standard InChI is InChI=1S/C23H30N4O4S2/c1-23(2,3)18-11-25-20(31-18)14-32-21-12-26-22(33-21)27-19(30)8-15-4-6-16(7-5-15)9-24-10-17(29)13-28/h4-7,11-12,17,24,28-29H,8-10,13-14H2,1-3H3,(H,26,27,30)/t17-/m1/s1. The zero-order valence-electron chi connectivity index (χ0n) is 19.0. The van der Waals surface area contributed by atoms with E-state index in [1.54, 1.807) is 24.2 Å². The van der Waals surface area contributed by atoms with Gasteiger partial charge in [-0.15, -0.1) is 11.8 Å². The maximum Gasteiger partial charge on any atom is 0.230 e. The number of aromatic nitrogens is 2. The average Bonchev–Trinajstić information content (AvgIpc) is 3.42. The van der Waals surface area contributed by atoms with Crippen molar-refractivity contribution < 1.29 is 19.4 Å². The van der Waals surface area contributed by atoms with E-state index < -0.39 is 6.10 Å². The number of amides is 1. The number of thiazole rings is 1. The van der Waals surface area contributed by atoms with Gasteiger partial charge < -0.3 is 25.3 Å². The number of anilines is 1. The van der Waals surface area contributed by atoms with E-state index in [9.17, 15) is 9.90 Å². The molecule has 3 aromatic rings. The summed E-state index contributed by atoms with van der Waals surface area (Å²) in [4.78, 5) is 21.0. The first-order valence-electron chi connectivity index (χ1n) is 10.6. The van der Waals surface area contributed by atoms with Crippen LogP contribution in [0.5, 0.6) is 0 Å². The largest absolute Gasteiger partial charge is 0.444 e. The van der Waals surface area contributed by atoms with Crippen LogP contribution in [0, 0.1) is 0 Å². The first-order valence-corrected chi connectivity index (χ1v) is 12.4. The molecule has 0 fully saturated rings. The summed E-state index contributed by atoms with van der Waals surface area (Å²) in [6.07, 6.45) is 3.01. The van der Waals surface area contributed by atoms with Gasteiger partial charge in [0.1, 0.15) is 5.76 Å². The molecule has 3 rings (SSSR count). The Morgan fingerprint density at radius 3 is 2.58 bits per heavy atom. The molecule has 1 aromatic carbocycles. The molecular formula is C23H30N4O4S2. The van der Waals surface area contributed by atoms with Crippen molar-refractivity contribution in [3.63, 3.8) is 0 Å². The molecule has 1 atom stereocenters. The molecule has 0 aliphatic carbocycles. The number of nitrogens with zero attached hydrogens (tertiary/aromatic N) is 2. The number of nitrogens with one attached hydrogen (secondary N) is 2. The Balaban J connectivity index is 1.43. The number of carbonyl (C=O) groups excluding carboxylic acids is 1. The Morgan fingerprint density at radius 1 is 1.18 bits per heavy atom. The lowest BCUT2D eigenvalue weighted by molar-refractivity contribution is -0.115. The van der Waals surface area contributed by atoms with Gasteiger partial charge in [0, 0.05) is 18.5 Å². The maximum absolute atomic E-state index is 12.4. The highest BCUT2D eigenvalue weighted by Gasteiger charge is 2.19. The van der Waals surface area contributed by atoms with Crippen LogP contribution in [-0.4, -0.2) is 45.3 Å². The topological polar surface area (TPSA) is 121 Å². The Hall–Kier alpha value is -2.24. The van der Waals surface area contributed by atoms with E-state index in [4.69, 9.17) is 9.52 Å². The maximum atomic E-state index is 12.4. The van der Waals surface area contributed by atoms with E-state index in [0.717, 1.165) is 21.1 Å². The normalized spacial score (nSPS) is 12.6. The van der Waals surface area contributed by atoms with Crippen molar-refractivity contribution >= 4 is 34.1 Å². The Bertz CT molecular complexity index is 1030. The molecule has 0 aliphatic heterocycles. The molecule has 0 saturated carbocycles. The van der Waals surface area contributed by atoms with Crippen LogP contribution < -0.4 is 10.6 Å². The molecule has 0 spiro atoms. The number of benzene rings is 1. The fourth-order valence-corrected chi connectivity index (χ4v) is 4.55. The molecule has 4 N–H and O–H groups in total. The third kappa shape index (κ3) is 8.24. The number of aliphatic hydroxyl groups is 2. The van der Waals surface area contributed by atoms with E-state index in [1.165, 1.54) is 11.3 Å². The zero-order valence-corrected chi connectivity index (χ0v) is 20.6. The van der Waals surface area contributed by atoms with Crippen LogP contribution in [0.25, 0.3) is 0 Å². The second-order valence-electron chi connectivity index (χ2n) is 8.65. The third-order valence-electron chi connectivity index (χ3n) is 4.67. The molecular weight excluding hydrogens is 460 g/mol. The summed E-state index contributed by atoms with van der Waals surface area (Å²) in [6, 6.07) is 7.69. The summed E-state index contributed by atoms with van der Waals surface area (Å²) < 4.78 is 6.79. The quantitative estimate of drug-likeness (QED) is 0.302. The summed E-state index contributed by atoms with van der Waals surface area (Å²) in [6.45, 7) is 6.89.